The van der Waals surface area contributed by atoms with Crippen molar-refractivity contribution in [2.24, 2.45) is 0 Å². The van der Waals surface area contributed by atoms with E-state index >= 15 is 0 Å². The lowest BCUT2D eigenvalue weighted by molar-refractivity contribution is 0.0981. The molecule has 0 fully saturated rings. The molecule has 1 aromatic heterocycles. The summed E-state index contributed by atoms with van der Waals surface area (Å²) in [6.07, 6.45) is 3.22. The van der Waals surface area contributed by atoms with Gasteiger partial charge >= 0.3 is 0 Å². The second-order valence-corrected chi connectivity index (χ2v) is 9.40. The summed E-state index contributed by atoms with van der Waals surface area (Å²) < 4.78 is 35.7. The number of hydrogen-bond donors (Lipinski definition) is 1. The van der Waals surface area contributed by atoms with Crippen LogP contribution in [0, 0.1) is 0 Å². The summed E-state index contributed by atoms with van der Waals surface area (Å²) in [5.74, 6) is 0.379. The van der Waals surface area contributed by atoms with Gasteiger partial charge in [0.15, 0.2) is 0 Å². The van der Waals surface area contributed by atoms with Crippen molar-refractivity contribution in [3.8, 4) is 28.5 Å². The van der Waals surface area contributed by atoms with Crippen LogP contribution in [0.2, 0.25) is 10.0 Å². The van der Waals surface area contributed by atoms with E-state index in [0.29, 0.717) is 27.6 Å². The first-order chi connectivity index (χ1) is 15.1. The van der Waals surface area contributed by atoms with E-state index in [9.17, 15) is 13.2 Å². The molecule has 2 aromatic carbocycles. The molecule has 0 aliphatic carbocycles. The Labute approximate surface area is 196 Å². The van der Waals surface area contributed by atoms with Crippen LogP contribution in [0.4, 0.5) is 0 Å². The van der Waals surface area contributed by atoms with Gasteiger partial charge in [-0.1, -0.05) is 30.1 Å². The van der Waals surface area contributed by atoms with Crippen LogP contribution in [0.1, 0.15) is 22.8 Å². The Morgan fingerprint density at radius 2 is 1.84 bits per heavy atom. The van der Waals surface area contributed by atoms with Gasteiger partial charge in [-0.2, -0.15) is 0 Å². The number of carbonyl (C=O) groups excluding carboxylic acids is 1. The minimum absolute atomic E-state index is 0.129. The zero-order chi connectivity index (χ0) is 23.5. The molecule has 0 radical (unpaired) electrons. The van der Waals surface area contributed by atoms with Crippen molar-refractivity contribution < 1.29 is 22.7 Å². The number of aromatic nitrogens is 1. The van der Waals surface area contributed by atoms with Crippen molar-refractivity contribution in [3.05, 3.63) is 69.8 Å². The average Bonchev–Trinajstić information content (AvgIpc) is 2.74. The molecular weight excluding hydrogens is 475 g/mol. The van der Waals surface area contributed by atoms with Crippen LogP contribution >= 0.6 is 23.2 Å². The Morgan fingerprint density at radius 3 is 2.47 bits per heavy atom. The van der Waals surface area contributed by atoms with Gasteiger partial charge in [0.2, 0.25) is 15.9 Å². The van der Waals surface area contributed by atoms with Crippen LogP contribution in [-0.4, -0.2) is 32.7 Å². The molecule has 0 atom stereocenters. The Kier molecular flexibility index (Phi) is 7.28. The summed E-state index contributed by atoms with van der Waals surface area (Å²) >= 11 is 12.5. The summed E-state index contributed by atoms with van der Waals surface area (Å²) in [7, 11) is -2.25. The summed E-state index contributed by atoms with van der Waals surface area (Å²) in [6.45, 7) is 1.99. The highest BCUT2D eigenvalue weighted by atomic mass is 35.5. The van der Waals surface area contributed by atoms with Crippen LogP contribution in [0.5, 0.6) is 17.4 Å². The molecule has 3 aromatic rings. The first kappa shape index (κ1) is 23.8. The molecule has 0 bridgehead atoms. The fraction of sp³-hybridized carbons (Fsp3) is 0.182. The number of pyridine rings is 1. The Hall–Kier alpha value is -2.81. The second kappa shape index (κ2) is 9.77. The third kappa shape index (κ3) is 5.70. The van der Waals surface area contributed by atoms with Gasteiger partial charge in [-0.3, -0.25) is 4.79 Å². The van der Waals surface area contributed by atoms with Crippen LogP contribution < -0.4 is 14.2 Å². The summed E-state index contributed by atoms with van der Waals surface area (Å²) in [4.78, 5) is 16.4. The van der Waals surface area contributed by atoms with E-state index in [0.717, 1.165) is 18.2 Å². The maximum atomic E-state index is 12.1. The molecule has 7 nitrogen and oxygen atoms in total. The molecule has 0 spiro atoms. The van der Waals surface area contributed by atoms with Crippen LogP contribution in [0.3, 0.4) is 0 Å². The molecule has 0 saturated heterocycles. The van der Waals surface area contributed by atoms with Crippen molar-refractivity contribution >= 4 is 39.1 Å². The highest BCUT2D eigenvalue weighted by molar-refractivity contribution is 7.89. The molecule has 32 heavy (non-hydrogen) atoms. The standard InChI is InChI=1S/C22H20Cl2N2O5S/c1-4-13-9-16(6-8-18(13)23)31-22-19(24)10-15(12-25-22)17-7-5-14(11-20(17)30-2)21(27)26-32(3,28)29/h5-12H,4H2,1-3H3,(H,26,27). The predicted octanol–water partition coefficient (Wildman–Crippen LogP) is 5.11. The highest BCUT2D eigenvalue weighted by Gasteiger charge is 2.16. The molecule has 1 amide bonds. The Balaban J connectivity index is 1.89. The molecule has 0 aliphatic heterocycles. The summed E-state index contributed by atoms with van der Waals surface area (Å²) in [6, 6.07) is 11.5. The van der Waals surface area contributed by atoms with Crippen LogP contribution in [0.25, 0.3) is 11.1 Å². The topological polar surface area (TPSA) is 94.6 Å². The highest BCUT2D eigenvalue weighted by Crippen LogP contribution is 2.36. The van der Waals surface area contributed by atoms with Crippen LogP contribution in [0.15, 0.2) is 48.7 Å². The number of halogens is 2. The number of sulfonamides is 1. The fourth-order valence-electron chi connectivity index (χ4n) is 2.94. The summed E-state index contributed by atoms with van der Waals surface area (Å²) in [5.41, 5.74) is 2.31. The van der Waals surface area contributed by atoms with E-state index in [1.54, 1.807) is 30.5 Å². The van der Waals surface area contributed by atoms with Gasteiger partial charge in [0.25, 0.3) is 5.91 Å². The van der Waals surface area contributed by atoms with E-state index < -0.39 is 15.9 Å². The largest absolute Gasteiger partial charge is 0.496 e. The summed E-state index contributed by atoms with van der Waals surface area (Å²) in [5, 5.41) is 0.937. The molecule has 0 saturated carbocycles. The number of aryl methyl sites for hydroxylation is 1. The third-order valence-corrected chi connectivity index (χ3v) is 5.67. The van der Waals surface area contributed by atoms with Gasteiger partial charge in [0.05, 0.1) is 13.4 Å². The first-order valence-corrected chi connectivity index (χ1v) is 12.1. The van der Waals surface area contributed by atoms with Gasteiger partial charge in [-0.05, 0) is 54.4 Å². The molecule has 1 heterocycles. The zero-order valence-electron chi connectivity index (χ0n) is 17.5. The second-order valence-electron chi connectivity index (χ2n) is 6.84. The quantitative estimate of drug-likeness (QED) is 0.490. The SMILES string of the molecule is CCc1cc(Oc2ncc(-c3ccc(C(=O)NS(C)(=O)=O)cc3OC)cc2Cl)ccc1Cl. The van der Waals surface area contributed by atoms with Gasteiger partial charge in [-0.25, -0.2) is 18.1 Å². The van der Waals surface area contributed by atoms with E-state index in [4.69, 9.17) is 32.7 Å². The Morgan fingerprint density at radius 1 is 1.09 bits per heavy atom. The maximum Gasteiger partial charge on any atom is 0.264 e. The number of nitrogens with one attached hydrogen (secondary N) is 1. The number of carbonyl (C=O) groups is 1. The molecule has 3 rings (SSSR count). The first-order valence-electron chi connectivity index (χ1n) is 9.43. The average molecular weight is 495 g/mol. The molecule has 0 aliphatic rings. The van der Waals surface area contributed by atoms with Crippen molar-refractivity contribution in [3.63, 3.8) is 0 Å². The molecule has 1 N–H and O–H groups in total. The van der Waals surface area contributed by atoms with E-state index in [-0.39, 0.29) is 16.5 Å². The number of ether oxygens (including phenoxy) is 2. The maximum absolute atomic E-state index is 12.1. The van der Waals surface area contributed by atoms with Crippen LogP contribution in [-0.2, 0) is 16.4 Å². The predicted molar refractivity (Wildman–Crippen MR) is 124 cm³/mol. The number of rotatable bonds is 7. The molecule has 0 unspecified atom stereocenters. The number of amides is 1. The lowest BCUT2D eigenvalue weighted by Crippen LogP contribution is -2.29. The minimum atomic E-state index is -3.69. The zero-order valence-corrected chi connectivity index (χ0v) is 19.8. The lowest BCUT2D eigenvalue weighted by Gasteiger charge is -2.13. The molecule has 168 valence electrons. The molecular formula is C22H20Cl2N2O5S. The fourth-order valence-corrected chi connectivity index (χ4v) is 3.85. The monoisotopic (exact) mass is 494 g/mol. The minimum Gasteiger partial charge on any atom is -0.496 e. The van der Waals surface area contributed by atoms with Crippen molar-refractivity contribution in [1.29, 1.82) is 0 Å². The van der Waals surface area contributed by atoms with Crippen molar-refractivity contribution in [1.82, 2.24) is 9.71 Å². The number of benzene rings is 2. The lowest BCUT2D eigenvalue weighted by atomic mass is 10.0. The molecule has 10 heteroatoms. The number of nitrogens with zero attached hydrogens (tertiary/aromatic N) is 1. The van der Waals surface area contributed by atoms with E-state index in [1.165, 1.54) is 19.2 Å². The smallest absolute Gasteiger partial charge is 0.264 e. The Bertz CT molecular complexity index is 1280. The van der Waals surface area contributed by atoms with Gasteiger partial charge < -0.3 is 9.47 Å². The van der Waals surface area contributed by atoms with Gasteiger partial charge in [0.1, 0.15) is 16.5 Å². The number of methoxy groups -OCH3 is 1. The van der Waals surface area contributed by atoms with E-state index in [2.05, 4.69) is 4.98 Å². The van der Waals surface area contributed by atoms with Crippen molar-refractivity contribution in [2.45, 2.75) is 13.3 Å². The normalized spacial score (nSPS) is 11.2. The van der Waals surface area contributed by atoms with E-state index in [1.807, 2.05) is 17.7 Å². The third-order valence-electron chi connectivity index (χ3n) is 4.47. The van der Waals surface area contributed by atoms with Crippen molar-refractivity contribution in [2.75, 3.05) is 13.4 Å². The van der Waals surface area contributed by atoms with Gasteiger partial charge in [-0.15, -0.1) is 0 Å². The number of hydrogen-bond acceptors (Lipinski definition) is 6. The van der Waals surface area contributed by atoms with Gasteiger partial charge in [0, 0.05) is 27.9 Å².